The Hall–Kier alpha value is -2.29. The van der Waals surface area contributed by atoms with Crippen LogP contribution in [-0.2, 0) is 16.2 Å². The van der Waals surface area contributed by atoms with Gasteiger partial charge >= 0.3 is 6.18 Å². The Morgan fingerprint density at radius 3 is 2.52 bits per heavy atom. The molecule has 1 aromatic carbocycles. The van der Waals surface area contributed by atoms with Crippen LogP contribution in [0.15, 0.2) is 47.6 Å². The zero-order chi connectivity index (χ0) is 15.7. The molecule has 0 fully saturated rings. The van der Waals surface area contributed by atoms with Gasteiger partial charge in [0.05, 0.1) is 28.0 Å². The summed E-state index contributed by atoms with van der Waals surface area (Å²) in [5.41, 5.74) is 4.59. The normalized spacial score (nSPS) is 12.1. The number of nitrogens with one attached hydrogen (secondary N) is 1. The van der Waals surface area contributed by atoms with Gasteiger partial charge in [-0.25, -0.2) is 8.42 Å². The molecule has 1 aromatic heterocycles. The molecule has 1 heterocycles. The molecule has 9 heteroatoms. The average Bonchev–Trinajstić information content (AvgIpc) is 2.40. The van der Waals surface area contributed by atoms with Crippen molar-refractivity contribution >= 4 is 21.4 Å². The SMILES string of the molecule is Nc1cnccc1NS(=O)(=O)c1cccc(C(F)(F)F)c1. The number of sulfonamides is 1. The Balaban J connectivity index is 2.39. The number of nitrogens with two attached hydrogens (primary N) is 1. The molecule has 0 unspecified atom stereocenters. The minimum Gasteiger partial charge on any atom is -0.396 e. The minimum atomic E-state index is -4.62. The summed E-state index contributed by atoms with van der Waals surface area (Å²) in [6.45, 7) is 0. The summed E-state index contributed by atoms with van der Waals surface area (Å²) in [6, 6.07) is 4.74. The number of hydrogen-bond acceptors (Lipinski definition) is 4. The first kappa shape index (κ1) is 15.1. The highest BCUT2D eigenvalue weighted by Crippen LogP contribution is 2.31. The van der Waals surface area contributed by atoms with Crippen LogP contribution >= 0.6 is 0 Å². The first-order valence-electron chi connectivity index (χ1n) is 5.60. The largest absolute Gasteiger partial charge is 0.416 e. The first-order valence-corrected chi connectivity index (χ1v) is 7.08. The van der Waals surface area contributed by atoms with Crippen LogP contribution in [0.4, 0.5) is 24.5 Å². The van der Waals surface area contributed by atoms with E-state index in [0.29, 0.717) is 6.07 Å². The van der Waals surface area contributed by atoms with Crippen LogP contribution in [0.2, 0.25) is 0 Å². The maximum absolute atomic E-state index is 12.6. The van der Waals surface area contributed by atoms with E-state index in [0.717, 1.165) is 18.2 Å². The lowest BCUT2D eigenvalue weighted by Gasteiger charge is -2.12. The molecule has 0 amide bonds. The zero-order valence-electron chi connectivity index (χ0n) is 10.4. The van der Waals surface area contributed by atoms with Crippen LogP contribution in [0.25, 0.3) is 0 Å². The van der Waals surface area contributed by atoms with E-state index in [1.807, 2.05) is 0 Å². The number of alkyl halides is 3. The summed E-state index contributed by atoms with van der Waals surface area (Å²) in [5, 5.41) is 0. The van der Waals surface area contributed by atoms with Crippen LogP contribution in [0.3, 0.4) is 0 Å². The zero-order valence-corrected chi connectivity index (χ0v) is 11.2. The third-order valence-electron chi connectivity index (χ3n) is 2.57. The molecule has 0 saturated carbocycles. The van der Waals surface area contributed by atoms with E-state index in [9.17, 15) is 21.6 Å². The van der Waals surface area contributed by atoms with Crippen molar-refractivity contribution in [2.24, 2.45) is 0 Å². The van der Waals surface area contributed by atoms with E-state index in [1.54, 1.807) is 0 Å². The van der Waals surface area contributed by atoms with Crippen molar-refractivity contribution in [1.82, 2.24) is 4.98 Å². The van der Waals surface area contributed by atoms with Gasteiger partial charge in [0.1, 0.15) is 0 Å². The summed E-state index contributed by atoms with van der Waals surface area (Å²) < 4.78 is 64.1. The number of nitrogen functional groups attached to an aromatic ring is 1. The smallest absolute Gasteiger partial charge is 0.396 e. The van der Waals surface area contributed by atoms with Crippen molar-refractivity contribution in [3.05, 3.63) is 48.3 Å². The highest BCUT2D eigenvalue weighted by Gasteiger charge is 2.31. The lowest BCUT2D eigenvalue weighted by atomic mass is 10.2. The highest BCUT2D eigenvalue weighted by atomic mass is 32.2. The number of rotatable bonds is 3. The van der Waals surface area contributed by atoms with E-state index in [1.165, 1.54) is 18.5 Å². The van der Waals surface area contributed by atoms with Crippen LogP contribution in [0, 0.1) is 0 Å². The fraction of sp³-hybridized carbons (Fsp3) is 0.0833. The van der Waals surface area contributed by atoms with Crippen LogP contribution in [-0.4, -0.2) is 13.4 Å². The molecule has 0 aliphatic rings. The quantitative estimate of drug-likeness (QED) is 0.911. The molecule has 0 bridgehead atoms. The standard InChI is InChI=1S/C12H10F3N3O2S/c13-12(14,15)8-2-1-3-9(6-8)21(19,20)18-11-4-5-17-7-10(11)16/h1-7H,16H2,(H,17,18). The molecule has 0 saturated heterocycles. The molecule has 0 aliphatic carbocycles. The maximum atomic E-state index is 12.6. The predicted octanol–water partition coefficient (Wildman–Crippen LogP) is 2.48. The molecule has 5 nitrogen and oxygen atoms in total. The summed E-state index contributed by atoms with van der Waals surface area (Å²) >= 11 is 0. The molecule has 0 aliphatic heterocycles. The molecule has 0 spiro atoms. The Labute approximate surface area is 118 Å². The molecular weight excluding hydrogens is 307 g/mol. The third-order valence-corrected chi connectivity index (χ3v) is 3.93. The van der Waals surface area contributed by atoms with Gasteiger partial charge in [-0.15, -0.1) is 0 Å². The number of benzene rings is 1. The van der Waals surface area contributed by atoms with Gasteiger partial charge in [-0.1, -0.05) is 6.07 Å². The Kier molecular flexibility index (Phi) is 3.77. The van der Waals surface area contributed by atoms with Crippen molar-refractivity contribution in [2.45, 2.75) is 11.1 Å². The molecule has 21 heavy (non-hydrogen) atoms. The second-order valence-corrected chi connectivity index (χ2v) is 5.78. The van der Waals surface area contributed by atoms with Crippen molar-refractivity contribution in [3.8, 4) is 0 Å². The topological polar surface area (TPSA) is 85.1 Å². The number of hydrogen-bond donors (Lipinski definition) is 2. The van der Waals surface area contributed by atoms with E-state index in [-0.39, 0.29) is 11.4 Å². The van der Waals surface area contributed by atoms with Crippen LogP contribution < -0.4 is 10.5 Å². The van der Waals surface area contributed by atoms with Gasteiger partial charge in [-0.3, -0.25) is 9.71 Å². The first-order chi connectivity index (χ1) is 9.70. The van der Waals surface area contributed by atoms with E-state index < -0.39 is 26.7 Å². The lowest BCUT2D eigenvalue weighted by molar-refractivity contribution is -0.137. The second kappa shape index (κ2) is 5.24. The van der Waals surface area contributed by atoms with E-state index >= 15 is 0 Å². The lowest BCUT2D eigenvalue weighted by Crippen LogP contribution is -2.15. The Morgan fingerprint density at radius 2 is 1.90 bits per heavy atom. The predicted molar refractivity (Wildman–Crippen MR) is 70.9 cm³/mol. The number of aromatic nitrogens is 1. The van der Waals surface area contributed by atoms with Gasteiger partial charge < -0.3 is 5.73 Å². The monoisotopic (exact) mass is 317 g/mol. The fourth-order valence-electron chi connectivity index (χ4n) is 1.54. The molecule has 112 valence electrons. The summed E-state index contributed by atoms with van der Waals surface area (Å²) in [7, 11) is -4.18. The Bertz CT molecular complexity index is 760. The molecule has 2 aromatic rings. The molecule has 3 N–H and O–H groups in total. The molecular formula is C12H10F3N3O2S. The minimum absolute atomic E-state index is 0.0439. The van der Waals surface area contributed by atoms with Gasteiger partial charge in [-0.2, -0.15) is 13.2 Å². The van der Waals surface area contributed by atoms with Crippen molar-refractivity contribution in [2.75, 3.05) is 10.5 Å². The Morgan fingerprint density at radius 1 is 1.19 bits per heavy atom. The van der Waals surface area contributed by atoms with Gasteiger partial charge in [-0.05, 0) is 24.3 Å². The average molecular weight is 317 g/mol. The second-order valence-electron chi connectivity index (χ2n) is 4.09. The fourth-order valence-corrected chi connectivity index (χ4v) is 2.68. The summed E-state index contributed by atoms with van der Waals surface area (Å²) in [4.78, 5) is 3.18. The third kappa shape index (κ3) is 3.43. The van der Waals surface area contributed by atoms with E-state index in [4.69, 9.17) is 5.73 Å². The molecule has 2 rings (SSSR count). The number of halogens is 3. The summed E-state index contributed by atoms with van der Waals surface area (Å²) in [5.74, 6) is 0. The maximum Gasteiger partial charge on any atom is 0.416 e. The van der Waals surface area contributed by atoms with Crippen LogP contribution in [0.5, 0.6) is 0 Å². The van der Waals surface area contributed by atoms with E-state index in [2.05, 4.69) is 9.71 Å². The molecule has 0 atom stereocenters. The van der Waals surface area contributed by atoms with Crippen LogP contribution in [0.1, 0.15) is 5.56 Å². The summed E-state index contributed by atoms with van der Waals surface area (Å²) in [6.07, 6.45) is -2.09. The van der Waals surface area contributed by atoms with Crippen molar-refractivity contribution in [1.29, 1.82) is 0 Å². The van der Waals surface area contributed by atoms with Gasteiger partial charge in [0.15, 0.2) is 0 Å². The van der Waals surface area contributed by atoms with Crippen molar-refractivity contribution < 1.29 is 21.6 Å². The highest BCUT2D eigenvalue weighted by molar-refractivity contribution is 7.92. The number of pyridine rings is 1. The molecule has 0 radical (unpaired) electrons. The van der Waals surface area contributed by atoms with Gasteiger partial charge in [0.2, 0.25) is 0 Å². The number of nitrogens with zero attached hydrogens (tertiary/aromatic N) is 1. The van der Waals surface area contributed by atoms with Crippen molar-refractivity contribution in [3.63, 3.8) is 0 Å². The van der Waals surface area contributed by atoms with Gasteiger partial charge in [0, 0.05) is 6.20 Å². The van der Waals surface area contributed by atoms with Gasteiger partial charge in [0.25, 0.3) is 10.0 Å². The number of anilines is 2.